The maximum atomic E-state index is 13.0. The molecular formula is C9H7FN4. The van der Waals surface area contributed by atoms with E-state index in [-0.39, 0.29) is 5.69 Å². The fraction of sp³-hybridized carbons (Fsp3) is 0. The highest BCUT2D eigenvalue weighted by Crippen LogP contribution is 2.18. The van der Waals surface area contributed by atoms with E-state index in [0.29, 0.717) is 5.95 Å². The van der Waals surface area contributed by atoms with E-state index in [1.54, 1.807) is 30.6 Å². The Bertz CT molecular complexity index is 436. The van der Waals surface area contributed by atoms with Crippen molar-refractivity contribution in [1.29, 1.82) is 0 Å². The summed E-state index contributed by atoms with van der Waals surface area (Å²) in [5.41, 5.74) is 0.198. The number of aromatic amines is 1. The van der Waals surface area contributed by atoms with Crippen LogP contribution < -0.4 is 0 Å². The molecule has 0 amide bonds. The Hall–Kier alpha value is -2.04. The molecule has 4 nitrogen and oxygen atoms in total. The Morgan fingerprint density at radius 3 is 2.79 bits per heavy atom. The van der Waals surface area contributed by atoms with Crippen molar-refractivity contribution in [3.63, 3.8) is 0 Å². The van der Waals surface area contributed by atoms with Crippen molar-refractivity contribution in [2.45, 2.75) is 0 Å². The summed E-state index contributed by atoms with van der Waals surface area (Å²) in [6, 6.07) is 6.17. The van der Waals surface area contributed by atoms with Gasteiger partial charge in [0.1, 0.15) is 5.69 Å². The van der Waals surface area contributed by atoms with Gasteiger partial charge in [0.05, 0.1) is 0 Å². The van der Waals surface area contributed by atoms with Crippen molar-refractivity contribution in [2.24, 2.45) is 10.2 Å². The van der Waals surface area contributed by atoms with Crippen LogP contribution in [0.25, 0.3) is 0 Å². The highest BCUT2D eigenvalue weighted by atomic mass is 19.1. The maximum absolute atomic E-state index is 13.0. The first-order chi connectivity index (χ1) is 6.86. The van der Waals surface area contributed by atoms with Gasteiger partial charge in [0, 0.05) is 12.4 Å². The van der Waals surface area contributed by atoms with Crippen molar-refractivity contribution < 1.29 is 4.39 Å². The third-order valence-corrected chi connectivity index (χ3v) is 1.59. The lowest BCUT2D eigenvalue weighted by Crippen LogP contribution is -1.72. The average Bonchev–Trinajstić information content (AvgIpc) is 2.69. The Kier molecular flexibility index (Phi) is 2.31. The van der Waals surface area contributed by atoms with Crippen LogP contribution in [0, 0.1) is 5.82 Å². The van der Waals surface area contributed by atoms with E-state index in [4.69, 9.17) is 0 Å². The molecule has 0 radical (unpaired) electrons. The van der Waals surface area contributed by atoms with Crippen molar-refractivity contribution >= 4 is 11.6 Å². The average molecular weight is 190 g/mol. The van der Waals surface area contributed by atoms with Crippen molar-refractivity contribution in [2.75, 3.05) is 0 Å². The topological polar surface area (TPSA) is 53.4 Å². The zero-order chi connectivity index (χ0) is 9.80. The van der Waals surface area contributed by atoms with Gasteiger partial charge in [-0.2, -0.15) is 0 Å². The number of azo groups is 1. The van der Waals surface area contributed by atoms with Gasteiger partial charge in [0.15, 0.2) is 5.82 Å². The number of hydrogen-bond donors (Lipinski definition) is 1. The smallest absolute Gasteiger partial charge is 0.246 e. The molecule has 0 atom stereocenters. The number of nitrogens with one attached hydrogen (secondary N) is 1. The zero-order valence-electron chi connectivity index (χ0n) is 7.18. The predicted molar refractivity (Wildman–Crippen MR) is 49.2 cm³/mol. The molecule has 0 saturated carbocycles. The molecule has 14 heavy (non-hydrogen) atoms. The molecule has 0 unspecified atom stereocenters. The van der Waals surface area contributed by atoms with Crippen LogP contribution in [0.15, 0.2) is 46.9 Å². The minimum Gasteiger partial charge on any atom is -0.328 e. The molecule has 5 heteroatoms. The first kappa shape index (κ1) is 8.55. The maximum Gasteiger partial charge on any atom is 0.246 e. The minimum atomic E-state index is -0.400. The Balaban J connectivity index is 2.23. The second-order valence-electron chi connectivity index (χ2n) is 2.56. The molecule has 0 aliphatic carbocycles. The van der Waals surface area contributed by atoms with Gasteiger partial charge in [-0.3, -0.25) is 0 Å². The van der Waals surface area contributed by atoms with Crippen LogP contribution in [0.4, 0.5) is 16.0 Å². The number of benzene rings is 1. The number of halogens is 1. The molecule has 2 aromatic rings. The Morgan fingerprint density at radius 2 is 2.07 bits per heavy atom. The highest BCUT2D eigenvalue weighted by Gasteiger charge is 1.97. The van der Waals surface area contributed by atoms with Crippen molar-refractivity contribution in [3.8, 4) is 0 Å². The van der Waals surface area contributed by atoms with Crippen molar-refractivity contribution in [3.05, 3.63) is 42.5 Å². The predicted octanol–water partition coefficient (Wildman–Crippen LogP) is 2.96. The van der Waals surface area contributed by atoms with Gasteiger partial charge in [-0.1, -0.05) is 12.1 Å². The molecule has 1 aromatic carbocycles. The Morgan fingerprint density at radius 1 is 1.21 bits per heavy atom. The number of imidazole rings is 1. The fourth-order valence-corrected chi connectivity index (χ4v) is 0.946. The minimum absolute atomic E-state index is 0.198. The summed E-state index contributed by atoms with van der Waals surface area (Å²) in [6.45, 7) is 0. The van der Waals surface area contributed by atoms with E-state index in [1.165, 1.54) is 6.07 Å². The summed E-state index contributed by atoms with van der Waals surface area (Å²) >= 11 is 0. The monoisotopic (exact) mass is 190 g/mol. The van der Waals surface area contributed by atoms with Crippen LogP contribution in [-0.2, 0) is 0 Å². The van der Waals surface area contributed by atoms with Gasteiger partial charge < -0.3 is 4.98 Å². The number of nitrogens with zero attached hydrogens (tertiary/aromatic N) is 3. The second-order valence-corrected chi connectivity index (χ2v) is 2.56. The normalized spacial score (nSPS) is 10.9. The third-order valence-electron chi connectivity index (χ3n) is 1.59. The molecule has 0 fully saturated rings. The molecular weight excluding hydrogens is 183 g/mol. The van der Waals surface area contributed by atoms with Crippen LogP contribution >= 0.6 is 0 Å². The summed E-state index contributed by atoms with van der Waals surface area (Å²) in [4.78, 5) is 6.56. The second kappa shape index (κ2) is 3.78. The van der Waals surface area contributed by atoms with Gasteiger partial charge in [-0.25, -0.2) is 9.37 Å². The lowest BCUT2D eigenvalue weighted by molar-refractivity contribution is 0.628. The molecule has 1 aromatic heterocycles. The van der Waals surface area contributed by atoms with E-state index in [1.807, 2.05) is 0 Å². The fourth-order valence-electron chi connectivity index (χ4n) is 0.946. The lowest BCUT2D eigenvalue weighted by atomic mass is 10.3. The SMILES string of the molecule is Fc1ccccc1N=Nc1ncc[nH]1. The van der Waals surface area contributed by atoms with Gasteiger partial charge >= 0.3 is 0 Å². The summed E-state index contributed by atoms with van der Waals surface area (Å²) in [5.74, 6) is -0.0453. The quantitative estimate of drug-likeness (QED) is 0.727. The van der Waals surface area contributed by atoms with Crippen LogP contribution in [0.1, 0.15) is 0 Å². The molecule has 0 spiro atoms. The van der Waals surface area contributed by atoms with Crippen LogP contribution in [0.3, 0.4) is 0 Å². The molecule has 0 aliphatic rings. The summed E-state index contributed by atoms with van der Waals surface area (Å²) < 4.78 is 13.0. The molecule has 0 bridgehead atoms. The van der Waals surface area contributed by atoms with E-state index in [9.17, 15) is 4.39 Å². The molecule has 70 valence electrons. The molecule has 1 N–H and O–H groups in total. The van der Waals surface area contributed by atoms with E-state index in [0.717, 1.165) is 0 Å². The van der Waals surface area contributed by atoms with Crippen molar-refractivity contribution in [1.82, 2.24) is 9.97 Å². The van der Waals surface area contributed by atoms with Crippen LogP contribution in [-0.4, -0.2) is 9.97 Å². The number of aromatic nitrogens is 2. The Labute approximate surface area is 79.5 Å². The summed E-state index contributed by atoms with van der Waals surface area (Å²) in [7, 11) is 0. The zero-order valence-corrected chi connectivity index (χ0v) is 7.18. The molecule has 0 saturated heterocycles. The van der Waals surface area contributed by atoms with E-state index in [2.05, 4.69) is 20.2 Å². The molecule has 0 aliphatic heterocycles. The van der Waals surface area contributed by atoms with Crippen LogP contribution in [0.2, 0.25) is 0 Å². The summed E-state index contributed by atoms with van der Waals surface area (Å²) in [5, 5.41) is 7.42. The highest BCUT2D eigenvalue weighted by molar-refractivity contribution is 5.37. The lowest BCUT2D eigenvalue weighted by Gasteiger charge is -1.91. The number of rotatable bonds is 2. The standard InChI is InChI=1S/C9H7FN4/c10-7-3-1-2-4-8(7)13-14-9-11-5-6-12-9/h1-6H,(H,11,12). The first-order valence-electron chi connectivity index (χ1n) is 4.02. The van der Waals surface area contributed by atoms with E-state index < -0.39 is 5.82 Å². The van der Waals surface area contributed by atoms with Gasteiger partial charge in [-0.05, 0) is 12.1 Å². The van der Waals surface area contributed by atoms with Gasteiger partial charge in [0.2, 0.25) is 5.95 Å². The molecule has 2 rings (SSSR count). The number of hydrogen-bond acceptors (Lipinski definition) is 3. The molecule has 1 heterocycles. The summed E-state index contributed by atoms with van der Waals surface area (Å²) in [6.07, 6.45) is 3.17. The van der Waals surface area contributed by atoms with Gasteiger partial charge in [-0.15, -0.1) is 10.2 Å². The van der Waals surface area contributed by atoms with E-state index >= 15 is 0 Å². The number of H-pyrrole nitrogens is 1. The third kappa shape index (κ3) is 1.82. The van der Waals surface area contributed by atoms with Crippen LogP contribution in [0.5, 0.6) is 0 Å². The first-order valence-corrected chi connectivity index (χ1v) is 4.02. The van der Waals surface area contributed by atoms with Gasteiger partial charge in [0.25, 0.3) is 0 Å². The largest absolute Gasteiger partial charge is 0.328 e.